The molecule has 0 heterocycles. The van der Waals surface area contributed by atoms with E-state index >= 15 is 0 Å². The lowest BCUT2D eigenvalue weighted by Gasteiger charge is -2.58. The minimum Gasteiger partial charge on any atom is -0.462 e. The van der Waals surface area contributed by atoms with Crippen LogP contribution in [0.15, 0.2) is 11.6 Å². The Balaban J connectivity index is 1.22. The van der Waals surface area contributed by atoms with Crippen LogP contribution in [-0.2, 0) is 14.3 Å². The number of carbonyl (C=O) groups is 2. The summed E-state index contributed by atoms with van der Waals surface area (Å²) < 4.78 is 6.11. The molecule has 4 rings (SSSR count). The molecule has 0 saturated heterocycles. The van der Waals surface area contributed by atoms with E-state index in [1.807, 2.05) is 11.8 Å². The maximum atomic E-state index is 13.2. The largest absolute Gasteiger partial charge is 0.462 e. The van der Waals surface area contributed by atoms with Crippen LogP contribution < -0.4 is 11.5 Å². The van der Waals surface area contributed by atoms with Crippen LogP contribution in [0.5, 0.6) is 0 Å². The van der Waals surface area contributed by atoms with Gasteiger partial charge >= 0.3 is 5.97 Å². The molecule has 4 aliphatic carbocycles. The van der Waals surface area contributed by atoms with Gasteiger partial charge in [0.2, 0.25) is 5.91 Å². The van der Waals surface area contributed by atoms with E-state index in [1.54, 1.807) is 5.57 Å². The molecule has 3 saturated carbocycles. The summed E-state index contributed by atoms with van der Waals surface area (Å²) in [7, 11) is 0. The van der Waals surface area contributed by atoms with Crippen LogP contribution in [-0.4, -0.2) is 48.1 Å². The molecule has 6 nitrogen and oxygen atoms in total. The van der Waals surface area contributed by atoms with Crippen molar-refractivity contribution < 1.29 is 14.3 Å². The van der Waals surface area contributed by atoms with E-state index in [0.29, 0.717) is 31.2 Å². The summed E-state index contributed by atoms with van der Waals surface area (Å²) in [4.78, 5) is 28.2. The van der Waals surface area contributed by atoms with Crippen LogP contribution in [0.3, 0.4) is 0 Å². The Bertz CT molecular complexity index is 1120. The summed E-state index contributed by atoms with van der Waals surface area (Å²) >= 11 is 0. The topological polar surface area (TPSA) is 98.7 Å². The molecule has 294 valence electrons. The quantitative estimate of drug-likeness (QED) is 0.0702. The van der Waals surface area contributed by atoms with Crippen molar-refractivity contribution in [2.45, 2.75) is 201 Å². The van der Waals surface area contributed by atoms with Crippen molar-refractivity contribution in [2.75, 3.05) is 13.1 Å². The molecule has 0 bridgehead atoms. The Labute approximate surface area is 314 Å². The summed E-state index contributed by atoms with van der Waals surface area (Å²) in [5, 5.41) is 0. The molecule has 0 aromatic heterocycles. The summed E-state index contributed by atoms with van der Waals surface area (Å²) in [6.45, 7) is 18.1. The first-order valence-corrected chi connectivity index (χ1v) is 21.9. The van der Waals surface area contributed by atoms with Crippen LogP contribution >= 0.6 is 0 Å². The lowest BCUT2D eigenvalue weighted by molar-refractivity contribution is -0.151. The molecule has 6 heteroatoms. The number of nitrogens with zero attached hydrogens (tertiary/aromatic N) is 1. The molecular formula is C45H81N3O3. The zero-order valence-corrected chi connectivity index (χ0v) is 34.4. The van der Waals surface area contributed by atoms with Crippen molar-refractivity contribution in [3.8, 4) is 0 Å². The molecule has 0 radical (unpaired) electrons. The fourth-order valence-corrected chi connectivity index (χ4v) is 11.6. The van der Waals surface area contributed by atoms with Gasteiger partial charge in [-0.05, 0) is 131 Å². The monoisotopic (exact) mass is 712 g/mol. The van der Waals surface area contributed by atoms with Crippen molar-refractivity contribution in [1.29, 1.82) is 0 Å². The van der Waals surface area contributed by atoms with Crippen LogP contribution in [0, 0.1) is 46.3 Å². The van der Waals surface area contributed by atoms with Crippen LogP contribution in [0.2, 0.25) is 0 Å². The molecule has 4 N–H and O–H groups in total. The number of fused-ring (bicyclic) bond motifs is 5. The van der Waals surface area contributed by atoms with Crippen molar-refractivity contribution in [3.05, 3.63) is 11.6 Å². The third-order valence-corrected chi connectivity index (χ3v) is 14.6. The van der Waals surface area contributed by atoms with Gasteiger partial charge in [-0.15, -0.1) is 0 Å². The van der Waals surface area contributed by atoms with Gasteiger partial charge in [0.05, 0.1) is 0 Å². The molecule has 1 amide bonds. The van der Waals surface area contributed by atoms with E-state index < -0.39 is 0 Å². The highest BCUT2D eigenvalue weighted by Gasteiger charge is 2.59. The molecule has 0 spiro atoms. The number of carbonyl (C=O) groups excluding carboxylic acids is 2. The predicted octanol–water partition coefficient (Wildman–Crippen LogP) is 10.4. The molecule has 0 aromatic rings. The SMILES string of the molecule is CC(C)CCCC(C)C1CCC2C3CC=C4CC(OC(=O)CCCC(=O)N(CCCCCCCC(C)N)CCC(C)N)CCC4(C)C3CCC12C. The highest BCUT2D eigenvalue weighted by atomic mass is 16.5. The molecule has 3 fully saturated rings. The Morgan fingerprint density at radius 3 is 2.24 bits per heavy atom. The summed E-state index contributed by atoms with van der Waals surface area (Å²) in [6.07, 6.45) is 25.5. The molecule has 10 unspecified atom stereocenters. The lowest BCUT2D eigenvalue weighted by atomic mass is 9.47. The minimum atomic E-state index is -0.132. The van der Waals surface area contributed by atoms with E-state index in [9.17, 15) is 9.59 Å². The Kier molecular flexibility index (Phi) is 16.4. The number of unbranched alkanes of at least 4 members (excludes halogenated alkanes) is 4. The first-order valence-electron chi connectivity index (χ1n) is 21.9. The number of esters is 1. The number of hydrogen-bond donors (Lipinski definition) is 2. The van der Waals surface area contributed by atoms with Gasteiger partial charge in [0.15, 0.2) is 0 Å². The van der Waals surface area contributed by atoms with Crippen LogP contribution in [0.4, 0.5) is 0 Å². The molecule has 0 aliphatic heterocycles. The van der Waals surface area contributed by atoms with Crippen LogP contribution in [0.1, 0.15) is 183 Å². The molecule has 0 aromatic carbocycles. The van der Waals surface area contributed by atoms with E-state index in [0.717, 1.165) is 87.0 Å². The Morgan fingerprint density at radius 1 is 0.784 bits per heavy atom. The second-order valence-electron chi connectivity index (χ2n) is 19.2. The average Bonchev–Trinajstić information content (AvgIpc) is 3.42. The number of rotatable bonds is 21. The number of hydrogen-bond acceptors (Lipinski definition) is 5. The number of nitrogens with two attached hydrogens (primary N) is 2. The number of allylic oxidation sites excluding steroid dienone is 1. The van der Waals surface area contributed by atoms with Crippen molar-refractivity contribution in [3.63, 3.8) is 0 Å². The fourth-order valence-electron chi connectivity index (χ4n) is 11.6. The van der Waals surface area contributed by atoms with E-state index in [-0.39, 0.29) is 35.5 Å². The van der Waals surface area contributed by atoms with Gasteiger partial charge in [0, 0.05) is 44.4 Å². The first-order chi connectivity index (χ1) is 24.2. The third kappa shape index (κ3) is 11.5. The van der Waals surface area contributed by atoms with Crippen molar-refractivity contribution in [2.24, 2.45) is 57.8 Å². The number of ether oxygens (including phenoxy) is 1. The van der Waals surface area contributed by atoms with E-state index in [2.05, 4.69) is 47.6 Å². The minimum absolute atomic E-state index is 0.0175. The normalized spacial score (nSPS) is 32.0. The smallest absolute Gasteiger partial charge is 0.306 e. The maximum Gasteiger partial charge on any atom is 0.306 e. The van der Waals surface area contributed by atoms with Gasteiger partial charge in [-0.25, -0.2) is 0 Å². The summed E-state index contributed by atoms with van der Waals surface area (Å²) in [5.41, 5.74) is 14.2. The summed E-state index contributed by atoms with van der Waals surface area (Å²) in [5.74, 6) is 5.03. The average molecular weight is 712 g/mol. The molecule has 4 aliphatic rings. The Hall–Kier alpha value is -1.40. The third-order valence-electron chi connectivity index (χ3n) is 14.6. The van der Waals surface area contributed by atoms with Gasteiger partial charge in [0.1, 0.15) is 6.10 Å². The second kappa shape index (κ2) is 19.8. The van der Waals surface area contributed by atoms with E-state index in [4.69, 9.17) is 16.2 Å². The van der Waals surface area contributed by atoms with Gasteiger partial charge in [-0.3, -0.25) is 9.59 Å². The zero-order valence-electron chi connectivity index (χ0n) is 34.4. The van der Waals surface area contributed by atoms with Gasteiger partial charge in [-0.2, -0.15) is 0 Å². The number of amides is 1. The molecule has 10 atom stereocenters. The molecular weight excluding hydrogens is 631 g/mol. The second-order valence-corrected chi connectivity index (χ2v) is 19.2. The maximum absolute atomic E-state index is 13.2. The van der Waals surface area contributed by atoms with Crippen molar-refractivity contribution >= 4 is 11.9 Å². The molecule has 51 heavy (non-hydrogen) atoms. The highest BCUT2D eigenvalue weighted by molar-refractivity contribution is 5.77. The van der Waals surface area contributed by atoms with Gasteiger partial charge < -0.3 is 21.1 Å². The Morgan fingerprint density at radius 2 is 1.51 bits per heavy atom. The van der Waals surface area contributed by atoms with Gasteiger partial charge in [-0.1, -0.05) is 91.2 Å². The fraction of sp³-hybridized carbons (Fsp3) is 0.911. The standard InChI is InChI=1S/C45H81N3O3/c1-32(2)15-13-16-33(3)39-22-23-40-38-21-20-36-31-37(24-27-44(36,6)41(38)25-28-45(39,40)7)51-43(50)19-14-18-42(49)48(30-26-35(5)47)29-12-10-8-9-11-17-34(4)46/h20,32-35,37-41H,8-19,21-31,46-47H2,1-7H3. The lowest BCUT2D eigenvalue weighted by Crippen LogP contribution is -2.51. The van der Waals surface area contributed by atoms with Crippen LogP contribution in [0.25, 0.3) is 0 Å². The predicted molar refractivity (Wildman–Crippen MR) is 213 cm³/mol. The highest BCUT2D eigenvalue weighted by Crippen LogP contribution is 2.67. The first kappa shape index (κ1) is 42.3. The van der Waals surface area contributed by atoms with E-state index in [1.165, 1.54) is 70.6 Å². The zero-order chi connectivity index (χ0) is 37.2. The van der Waals surface area contributed by atoms with Gasteiger partial charge in [0.25, 0.3) is 0 Å². The van der Waals surface area contributed by atoms with Crippen molar-refractivity contribution in [1.82, 2.24) is 4.90 Å². The summed E-state index contributed by atoms with van der Waals surface area (Å²) in [6, 6.07) is 0.351.